The Bertz CT molecular complexity index is 1150. The first-order valence-corrected chi connectivity index (χ1v) is 8.75. The number of phenolic OH excluding ortho intramolecular Hbond substituents is 1. The maximum Gasteiger partial charge on any atom is 0.296 e. The second-order valence-corrected chi connectivity index (χ2v) is 6.53. The van der Waals surface area contributed by atoms with Crippen LogP contribution in [0.2, 0.25) is 0 Å². The van der Waals surface area contributed by atoms with E-state index in [0.29, 0.717) is 10.5 Å². The van der Waals surface area contributed by atoms with E-state index in [-0.39, 0.29) is 23.6 Å². The smallest absolute Gasteiger partial charge is 0.296 e. The number of hydrogen-bond acceptors (Lipinski definition) is 6. The molecule has 2 aromatic heterocycles. The van der Waals surface area contributed by atoms with Crippen molar-refractivity contribution in [3.05, 3.63) is 81.6 Å². The minimum absolute atomic E-state index is 0.106. The van der Waals surface area contributed by atoms with Gasteiger partial charge in [-0.25, -0.2) is 4.52 Å². The SMILES string of the molecule is O=C(Cc1nn2c(-c3ccc(O)cc3)csc2nc1=O)c1ccccc1. The predicted molar refractivity (Wildman–Crippen MR) is 98.7 cm³/mol. The molecule has 0 saturated carbocycles. The van der Waals surface area contributed by atoms with E-state index >= 15 is 0 Å². The van der Waals surface area contributed by atoms with Crippen LogP contribution >= 0.6 is 11.3 Å². The van der Waals surface area contributed by atoms with E-state index in [1.807, 2.05) is 11.4 Å². The highest BCUT2D eigenvalue weighted by Crippen LogP contribution is 2.25. The molecule has 0 aliphatic heterocycles. The average molecular weight is 363 g/mol. The second kappa shape index (κ2) is 6.53. The van der Waals surface area contributed by atoms with Crippen molar-refractivity contribution < 1.29 is 9.90 Å². The topological polar surface area (TPSA) is 84.6 Å². The van der Waals surface area contributed by atoms with Gasteiger partial charge in [0.05, 0.1) is 12.1 Å². The van der Waals surface area contributed by atoms with Gasteiger partial charge in [-0.15, -0.1) is 11.3 Å². The van der Waals surface area contributed by atoms with Crippen LogP contribution in [0.5, 0.6) is 5.75 Å². The number of benzene rings is 2. The number of rotatable bonds is 4. The quantitative estimate of drug-likeness (QED) is 0.564. The van der Waals surface area contributed by atoms with Crippen molar-refractivity contribution in [3.63, 3.8) is 0 Å². The zero-order valence-electron chi connectivity index (χ0n) is 13.5. The summed E-state index contributed by atoms with van der Waals surface area (Å²) >= 11 is 1.29. The van der Waals surface area contributed by atoms with Crippen LogP contribution in [0.15, 0.2) is 64.8 Å². The highest BCUT2D eigenvalue weighted by atomic mass is 32.1. The first kappa shape index (κ1) is 16.2. The fourth-order valence-electron chi connectivity index (χ4n) is 2.61. The Morgan fingerprint density at radius 1 is 1.08 bits per heavy atom. The Morgan fingerprint density at radius 3 is 2.54 bits per heavy atom. The van der Waals surface area contributed by atoms with Gasteiger partial charge in [-0.1, -0.05) is 30.3 Å². The molecule has 4 rings (SSSR count). The zero-order valence-corrected chi connectivity index (χ0v) is 14.3. The largest absolute Gasteiger partial charge is 0.508 e. The molecule has 0 aliphatic rings. The molecule has 2 aromatic carbocycles. The summed E-state index contributed by atoms with van der Waals surface area (Å²) < 4.78 is 1.56. The molecule has 26 heavy (non-hydrogen) atoms. The molecule has 0 radical (unpaired) electrons. The molecular formula is C19H13N3O3S. The van der Waals surface area contributed by atoms with Crippen molar-refractivity contribution in [1.82, 2.24) is 14.6 Å². The van der Waals surface area contributed by atoms with Crippen LogP contribution < -0.4 is 5.56 Å². The Kier molecular flexibility index (Phi) is 4.06. The molecule has 0 aliphatic carbocycles. The molecule has 0 fully saturated rings. The number of aromatic nitrogens is 3. The first-order valence-electron chi connectivity index (χ1n) is 7.87. The highest BCUT2D eigenvalue weighted by Gasteiger charge is 2.15. The summed E-state index contributed by atoms with van der Waals surface area (Å²) in [5.41, 5.74) is 1.71. The van der Waals surface area contributed by atoms with Gasteiger partial charge >= 0.3 is 0 Å². The van der Waals surface area contributed by atoms with Gasteiger partial charge < -0.3 is 5.11 Å². The van der Waals surface area contributed by atoms with Crippen LogP contribution in [-0.2, 0) is 6.42 Å². The molecule has 4 aromatic rings. The summed E-state index contributed by atoms with van der Waals surface area (Å²) in [5, 5.41) is 15.6. The third-order valence-corrected chi connectivity index (χ3v) is 4.75. The lowest BCUT2D eigenvalue weighted by Gasteiger charge is -2.04. The Labute approximate surface area is 152 Å². The van der Waals surface area contributed by atoms with Crippen molar-refractivity contribution in [2.24, 2.45) is 0 Å². The Balaban J connectivity index is 1.75. The summed E-state index contributed by atoms with van der Waals surface area (Å²) in [7, 11) is 0. The van der Waals surface area contributed by atoms with Gasteiger partial charge in [0, 0.05) is 16.5 Å². The van der Waals surface area contributed by atoms with Crippen LogP contribution in [0.25, 0.3) is 16.2 Å². The number of fused-ring (bicyclic) bond motifs is 1. The monoisotopic (exact) mass is 363 g/mol. The van der Waals surface area contributed by atoms with Crippen molar-refractivity contribution >= 4 is 22.1 Å². The molecule has 0 amide bonds. The third-order valence-electron chi connectivity index (χ3n) is 3.94. The van der Waals surface area contributed by atoms with E-state index in [1.165, 1.54) is 11.3 Å². The molecule has 128 valence electrons. The van der Waals surface area contributed by atoms with Gasteiger partial charge in [-0.2, -0.15) is 10.1 Å². The number of hydrogen-bond donors (Lipinski definition) is 1. The first-order chi connectivity index (χ1) is 12.6. The molecule has 6 nitrogen and oxygen atoms in total. The van der Waals surface area contributed by atoms with E-state index in [0.717, 1.165) is 11.3 Å². The van der Waals surface area contributed by atoms with Gasteiger partial charge in [-0.05, 0) is 24.3 Å². The van der Waals surface area contributed by atoms with Crippen molar-refractivity contribution in [2.75, 3.05) is 0 Å². The van der Waals surface area contributed by atoms with E-state index in [9.17, 15) is 14.7 Å². The van der Waals surface area contributed by atoms with E-state index in [4.69, 9.17) is 0 Å². The lowest BCUT2D eigenvalue weighted by Crippen LogP contribution is -2.21. The minimum Gasteiger partial charge on any atom is -0.508 e. The zero-order chi connectivity index (χ0) is 18.1. The lowest BCUT2D eigenvalue weighted by atomic mass is 10.1. The fourth-order valence-corrected chi connectivity index (χ4v) is 3.44. The van der Waals surface area contributed by atoms with Gasteiger partial charge in [0.1, 0.15) is 11.4 Å². The van der Waals surface area contributed by atoms with E-state index in [2.05, 4.69) is 10.1 Å². The third kappa shape index (κ3) is 3.00. The molecular weight excluding hydrogens is 350 g/mol. The summed E-state index contributed by atoms with van der Waals surface area (Å²) in [5.74, 6) is -0.0151. The molecule has 0 bridgehead atoms. The van der Waals surface area contributed by atoms with Crippen LogP contribution in [0.3, 0.4) is 0 Å². The number of Topliss-reactive ketones (excluding diaryl/α,β-unsaturated/α-hetero) is 1. The fraction of sp³-hybridized carbons (Fsp3) is 0.0526. The number of aromatic hydroxyl groups is 1. The molecule has 7 heteroatoms. The molecule has 0 unspecified atom stereocenters. The average Bonchev–Trinajstić information content (AvgIpc) is 3.06. The molecule has 0 saturated heterocycles. The van der Waals surface area contributed by atoms with Crippen LogP contribution in [0, 0.1) is 0 Å². The standard InChI is InChI=1S/C19H13N3O3S/c23-14-8-6-12(7-9-14)16-11-26-19-20-18(25)15(21-22(16)19)10-17(24)13-4-2-1-3-5-13/h1-9,11,23H,10H2. The molecule has 0 atom stereocenters. The van der Waals surface area contributed by atoms with Gasteiger partial charge in [0.25, 0.3) is 5.56 Å². The summed E-state index contributed by atoms with van der Waals surface area (Å²) in [6.45, 7) is 0. The van der Waals surface area contributed by atoms with Crippen molar-refractivity contribution in [3.8, 4) is 17.0 Å². The number of nitrogens with zero attached hydrogens (tertiary/aromatic N) is 3. The van der Waals surface area contributed by atoms with Gasteiger partial charge in [0.15, 0.2) is 5.78 Å². The van der Waals surface area contributed by atoms with Gasteiger partial charge in [-0.3, -0.25) is 9.59 Å². The van der Waals surface area contributed by atoms with Crippen LogP contribution in [-0.4, -0.2) is 25.5 Å². The number of carbonyl (C=O) groups excluding carboxylic acids is 1. The maximum absolute atomic E-state index is 12.4. The molecule has 2 heterocycles. The van der Waals surface area contributed by atoms with Gasteiger partial charge in [0.2, 0.25) is 4.96 Å². The number of phenols is 1. The van der Waals surface area contributed by atoms with E-state index in [1.54, 1.807) is 53.0 Å². The Morgan fingerprint density at radius 2 is 1.81 bits per heavy atom. The number of carbonyl (C=O) groups is 1. The second-order valence-electron chi connectivity index (χ2n) is 5.69. The number of thiazole rings is 1. The van der Waals surface area contributed by atoms with Crippen molar-refractivity contribution in [1.29, 1.82) is 0 Å². The maximum atomic E-state index is 12.4. The normalized spacial score (nSPS) is 10.9. The summed E-state index contributed by atoms with van der Waals surface area (Å²) in [6.07, 6.45) is -0.107. The van der Waals surface area contributed by atoms with Crippen LogP contribution in [0.4, 0.5) is 0 Å². The number of ketones is 1. The van der Waals surface area contributed by atoms with E-state index < -0.39 is 5.56 Å². The van der Waals surface area contributed by atoms with Crippen LogP contribution in [0.1, 0.15) is 16.1 Å². The molecule has 1 N–H and O–H groups in total. The van der Waals surface area contributed by atoms with Crippen molar-refractivity contribution in [2.45, 2.75) is 6.42 Å². The lowest BCUT2D eigenvalue weighted by molar-refractivity contribution is 0.0991. The molecule has 0 spiro atoms. The highest BCUT2D eigenvalue weighted by molar-refractivity contribution is 7.15. The summed E-state index contributed by atoms with van der Waals surface area (Å²) in [4.78, 5) is 29.1. The predicted octanol–water partition coefficient (Wildman–Crippen LogP) is 2.95. The minimum atomic E-state index is -0.492. The summed E-state index contributed by atoms with van der Waals surface area (Å²) in [6, 6.07) is 15.5. The Hall–Kier alpha value is -3.32.